The Labute approximate surface area is 112 Å². The fourth-order valence-corrected chi connectivity index (χ4v) is 1.53. The molecule has 0 fully saturated rings. The zero-order valence-electron chi connectivity index (χ0n) is 8.69. The molecule has 14 heavy (non-hydrogen) atoms. The van der Waals surface area contributed by atoms with E-state index in [0.29, 0.717) is 0 Å². The minimum Gasteiger partial charge on any atom is -0.822 e. The van der Waals surface area contributed by atoms with Gasteiger partial charge >= 0.3 is 86.3 Å². The van der Waals surface area contributed by atoms with E-state index in [0.717, 1.165) is 1.57 Å². The topological polar surface area (TPSA) is 86.2 Å². The molecular formula is C8H17NdO4P. The van der Waals surface area contributed by atoms with Crippen LogP contribution in [0.5, 0.6) is 0 Å². The molecule has 4 nitrogen and oxygen atoms in total. The molecule has 0 aromatic carbocycles. The summed E-state index contributed by atoms with van der Waals surface area (Å²) < 4.78 is 9.59. The summed E-state index contributed by atoms with van der Waals surface area (Å²) in [5.74, 6) is 0. The van der Waals surface area contributed by atoms with Crippen LogP contribution in [0.2, 0.25) is 1.57 Å². The Kier molecular flexibility index (Phi) is 14.0. The molecule has 6 heteroatoms. The number of hydrogen-bond acceptors (Lipinski definition) is 4. The summed E-state index contributed by atoms with van der Waals surface area (Å²) >= 11 is 1.39. The molecule has 1 atom stereocenters. The first-order valence-electron chi connectivity index (χ1n) is 4.71. The van der Waals surface area contributed by atoms with Gasteiger partial charge in [0.25, 0.3) is 0 Å². The van der Waals surface area contributed by atoms with Gasteiger partial charge in [0.05, 0.1) is 0 Å². The third-order valence-electron chi connectivity index (χ3n) is 1.49. The van der Waals surface area contributed by atoms with E-state index >= 15 is 0 Å². The van der Waals surface area contributed by atoms with Crippen LogP contribution in [0.25, 0.3) is 0 Å². The van der Waals surface area contributed by atoms with E-state index in [2.05, 4.69) is 13.8 Å². The second-order valence-electron chi connectivity index (χ2n) is 3.20. The van der Waals surface area contributed by atoms with Crippen LogP contribution in [0.15, 0.2) is 0 Å². The molecule has 0 aliphatic heterocycles. The minimum absolute atomic E-state index is 1.04. The van der Waals surface area contributed by atoms with Gasteiger partial charge in [0.2, 0.25) is 0 Å². The summed E-state index contributed by atoms with van der Waals surface area (Å²) in [6.07, 6.45) is 7.22. The molecule has 0 amide bonds. The summed E-state index contributed by atoms with van der Waals surface area (Å²) in [6, 6.07) is 0. The maximum Gasteiger partial charge on any atom is -0.159 e. The smallest absolute Gasteiger partial charge is 0.159 e. The predicted molar refractivity (Wildman–Crippen MR) is 45.8 cm³/mol. The van der Waals surface area contributed by atoms with Gasteiger partial charge in [-0.2, -0.15) is 7.82 Å². The first-order chi connectivity index (χ1) is 6.27. The summed E-state index contributed by atoms with van der Waals surface area (Å²) in [5.41, 5.74) is 0. The molecule has 0 rings (SSSR count). The maximum atomic E-state index is 8.55. The van der Waals surface area contributed by atoms with E-state index in [4.69, 9.17) is 19.2 Å². The molecular weight excluding hydrogens is 335 g/mol. The van der Waals surface area contributed by atoms with Crippen molar-refractivity contribution in [3.8, 4) is 0 Å². The van der Waals surface area contributed by atoms with Crippen molar-refractivity contribution in [1.82, 2.24) is 0 Å². The van der Waals surface area contributed by atoms with Crippen LogP contribution in [0.3, 0.4) is 0 Å². The van der Waals surface area contributed by atoms with E-state index < -0.39 is 7.82 Å². The normalized spacial score (nSPS) is 13.1. The zero-order valence-corrected chi connectivity index (χ0v) is 12.8. The largest absolute Gasteiger partial charge is 0.822 e. The van der Waals surface area contributed by atoms with E-state index in [1.807, 2.05) is 0 Å². The Hall–Kier alpha value is 1.46. The molecule has 82 valence electrons. The average Bonchev–Trinajstić information content (AvgIpc) is 1.94. The molecule has 0 aromatic rings. The molecule has 1 unspecified atom stereocenters. The Bertz CT molecular complexity index is 149. The van der Waals surface area contributed by atoms with E-state index in [-0.39, 0.29) is 0 Å². The van der Waals surface area contributed by atoms with Gasteiger partial charge in [-0.25, -0.2) is 0 Å². The zero-order chi connectivity index (χ0) is 11.6. The van der Waals surface area contributed by atoms with Gasteiger partial charge in [0, 0.05) is 0 Å². The quantitative estimate of drug-likeness (QED) is 0.532. The van der Waals surface area contributed by atoms with Crippen LogP contribution in [0.1, 0.15) is 46.0 Å². The monoisotopic (exact) mass is 350 g/mol. The van der Waals surface area contributed by atoms with Crippen LogP contribution in [0, 0.1) is 38.8 Å². The standard InChI is InChI=1S/C8H17.Nd.H3O4P/c1-3-5-7-8-6-4-2;;1-5(2,3)4/h3H,4-8H2,1-2H3;;(H3,1,2,3,4)/q;+3;/p-3. The maximum absolute atomic E-state index is 8.55. The summed E-state index contributed by atoms with van der Waals surface area (Å²) in [4.78, 5) is 25.6. The number of hydrogen-bond donors (Lipinski definition) is 0. The van der Waals surface area contributed by atoms with Crippen molar-refractivity contribution >= 4 is 7.82 Å². The number of rotatable bonds is 5. The SMILES string of the molecule is CCCCCC[CH](C)[Nd+3].O=P([O-])([O-])[O-]. The first-order valence-corrected chi connectivity index (χ1v) is 8.02. The van der Waals surface area contributed by atoms with Crippen molar-refractivity contribution in [1.29, 1.82) is 0 Å². The van der Waals surface area contributed by atoms with Crippen LogP contribution >= 0.6 is 7.82 Å². The van der Waals surface area contributed by atoms with Crippen molar-refractivity contribution in [3.05, 3.63) is 0 Å². The van der Waals surface area contributed by atoms with Crippen molar-refractivity contribution in [2.45, 2.75) is 47.5 Å². The molecule has 0 saturated heterocycles. The molecule has 0 saturated carbocycles. The Morgan fingerprint density at radius 1 is 1.21 bits per heavy atom. The fourth-order valence-electron chi connectivity index (χ4n) is 0.877. The van der Waals surface area contributed by atoms with Crippen LogP contribution in [-0.2, 0) is 4.57 Å². The second kappa shape index (κ2) is 11.0. The van der Waals surface area contributed by atoms with Gasteiger partial charge < -0.3 is 19.2 Å². The Balaban J connectivity index is 0. The number of unbranched alkanes of at least 4 members (excludes halogenated alkanes) is 3. The molecule has 0 aliphatic carbocycles. The van der Waals surface area contributed by atoms with Crippen molar-refractivity contribution in [2.24, 2.45) is 0 Å². The molecule has 0 bridgehead atoms. The number of phosphoric acid groups is 1. The van der Waals surface area contributed by atoms with E-state index in [1.54, 1.807) is 0 Å². The first kappa shape index (κ1) is 17.8. The van der Waals surface area contributed by atoms with E-state index in [1.165, 1.54) is 70.9 Å². The minimum atomic E-state index is -5.39. The fraction of sp³-hybridized carbons (Fsp3) is 1.00. The van der Waals surface area contributed by atoms with Crippen molar-refractivity contribution in [3.63, 3.8) is 0 Å². The molecule has 0 radical (unpaired) electrons. The second-order valence-corrected chi connectivity index (χ2v) is 7.25. The van der Waals surface area contributed by atoms with Crippen LogP contribution in [0.4, 0.5) is 0 Å². The van der Waals surface area contributed by atoms with Gasteiger partial charge in [-0.15, -0.1) is 0 Å². The molecule has 0 aliphatic rings. The third kappa shape index (κ3) is 37.5. The molecule has 0 heterocycles. The van der Waals surface area contributed by atoms with E-state index in [9.17, 15) is 0 Å². The summed E-state index contributed by atoms with van der Waals surface area (Å²) in [5, 5.41) is 0. The van der Waals surface area contributed by atoms with Crippen molar-refractivity contribution < 1.29 is 58.0 Å². The van der Waals surface area contributed by atoms with Gasteiger partial charge in [0.15, 0.2) is 0 Å². The van der Waals surface area contributed by atoms with Crippen LogP contribution in [-0.4, -0.2) is 0 Å². The Morgan fingerprint density at radius 2 is 1.64 bits per heavy atom. The van der Waals surface area contributed by atoms with Gasteiger partial charge in [-0.3, -0.25) is 0 Å². The molecule has 0 spiro atoms. The van der Waals surface area contributed by atoms with Crippen molar-refractivity contribution in [2.75, 3.05) is 0 Å². The van der Waals surface area contributed by atoms with Crippen LogP contribution < -0.4 is 14.7 Å². The molecule has 0 aromatic heterocycles. The van der Waals surface area contributed by atoms with Gasteiger partial charge in [0.1, 0.15) is 0 Å². The molecule has 0 N–H and O–H groups in total. The average molecular weight is 352 g/mol. The Morgan fingerprint density at radius 3 is 1.93 bits per heavy atom. The summed E-state index contributed by atoms with van der Waals surface area (Å²) in [7, 11) is -5.39. The van der Waals surface area contributed by atoms with Gasteiger partial charge in [-0.05, 0) is 0 Å². The predicted octanol–water partition coefficient (Wildman–Crippen LogP) is 0.490. The third-order valence-corrected chi connectivity index (χ3v) is 2.42. The summed E-state index contributed by atoms with van der Waals surface area (Å²) in [6.45, 7) is 4.63. The van der Waals surface area contributed by atoms with Gasteiger partial charge in [-0.1, -0.05) is 0 Å².